The lowest BCUT2D eigenvalue weighted by Crippen LogP contribution is -2.45. The molecule has 1 aromatic rings. The number of carbonyl (C=O) groups is 1. The third-order valence-electron chi connectivity index (χ3n) is 4.34. The van der Waals surface area contributed by atoms with Crippen LogP contribution >= 0.6 is 12.4 Å². The summed E-state index contributed by atoms with van der Waals surface area (Å²) in [5.41, 5.74) is 0.951. The van der Waals surface area contributed by atoms with Crippen molar-refractivity contribution in [2.75, 3.05) is 19.6 Å². The largest absolute Gasteiger partial charge is 0.342 e. The van der Waals surface area contributed by atoms with Crippen LogP contribution in [-0.2, 0) is 11.2 Å². The molecule has 1 saturated heterocycles. The van der Waals surface area contributed by atoms with Gasteiger partial charge >= 0.3 is 0 Å². The molecule has 1 aliphatic rings. The SMILES string of the molecule is CCCN(CCc1cccc(F)c1)C(=O)[C@H]1CCN[C@@H](C)C1.Cl. The van der Waals surface area contributed by atoms with Crippen molar-refractivity contribution in [1.82, 2.24) is 10.2 Å². The predicted molar refractivity (Wildman–Crippen MR) is 94.4 cm³/mol. The Bertz CT molecular complexity index is 498. The maximum atomic E-state index is 13.2. The van der Waals surface area contributed by atoms with Gasteiger partial charge < -0.3 is 10.2 Å². The van der Waals surface area contributed by atoms with Gasteiger partial charge in [-0.3, -0.25) is 4.79 Å². The number of halogens is 2. The molecular formula is C18H28ClFN2O. The highest BCUT2D eigenvalue weighted by Crippen LogP contribution is 2.19. The number of amides is 1. The Morgan fingerprint density at radius 2 is 2.17 bits per heavy atom. The van der Waals surface area contributed by atoms with E-state index in [2.05, 4.69) is 19.2 Å². The summed E-state index contributed by atoms with van der Waals surface area (Å²) in [6.07, 6.45) is 3.50. The first-order valence-corrected chi connectivity index (χ1v) is 8.36. The monoisotopic (exact) mass is 342 g/mol. The molecule has 0 aliphatic carbocycles. The molecule has 1 N–H and O–H groups in total. The Morgan fingerprint density at radius 3 is 2.83 bits per heavy atom. The van der Waals surface area contributed by atoms with Crippen LogP contribution in [0, 0.1) is 11.7 Å². The van der Waals surface area contributed by atoms with Crippen LogP contribution in [0.1, 0.15) is 38.7 Å². The third kappa shape index (κ3) is 6.11. The van der Waals surface area contributed by atoms with Crippen molar-refractivity contribution >= 4 is 18.3 Å². The fourth-order valence-corrected chi connectivity index (χ4v) is 3.17. The van der Waals surface area contributed by atoms with E-state index < -0.39 is 0 Å². The average Bonchev–Trinajstić information content (AvgIpc) is 2.51. The molecule has 1 heterocycles. The molecule has 0 spiro atoms. The zero-order valence-electron chi connectivity index (χ0n) is 14.1. The molecule has 1 aliphatic heterocycles. The van der Waals surface area contributed by atoms with Crippen molar-refractivity contribution in [1.29, 1.82) is 0 Å². The number of hydrogen-bond acceptors (Lipinski definition) is 2. The van der Waals surface area contributed by atoms with Crippen LogP contribution in [0.3, 0.4) is 0 Å². The molecule has 3 nitrogen and oxygen atoms in total. The summed E-state index contributed by atoms with van der Waals surface area (Å²) >= 11 is 0. The van der Waals surface area contributed by atoms with Gasteiger partial charge in [-0.25, -0.2) is 4.39 Å². The standard InChI is InChI=1S/C18H27FN2O.ClH/c1-3-10-21(11-8-15-5-4-6-17(19)13-15)18(22)16-7-9-20-14(2)12-16;/h4-6,13-14,16,20H,3,7-12H2,1-2H3;1H/t14-,16-;/m0./s1. The van der Waals surface area contributed by atoms with Crippen LogP contribution < -0.4 is 5.32 Å². The zero-order valence-corrected chi connectivity index (χ0v) is 14.9. The number of nitrogens with one attached hydrogen (secondary N) is 1. The molecule has 0 unspecified atom stereocenters. The topological polar surface area (TPSA) is 32.3 Å². The van der Waals surface area contributed by atoms with Gasteiger partial charge in [0.15, 0.2) is 0 Å². The van der Waals surface area contributed by atoms with E-state index >= 15 is 0 Å². The molecule has 1 fully saturated rings. The van der Waals surface area contributed by atoms with E-state index in [9.17, 15) is 9.18 Å². The second kappa shape index (κ2) is 9.89. The molecule has 130 valence electrons. The van der Waals surface area contributed by atoms with Gasteiger partial charge in [0, 0.05) is 25.0 Å². The number of hydrogen-bond donors (Lipinski definition) is 1. The number of piperidine rings is 1. The van der Waals surface area contributed by atoms with Gasteiger partial charge in [0.05, 0.1) is 0 Å². The van der Waals surface area contributed by atoms with E-state index in [1.54, 1.807) is 12.1 Å². The van der Waals surface area contributed by atoms with Crippen LogP contribution in [0.2, 0.25) is 0 Å². The minimum atomic E-state index is -0.210. The van der Waals surface area contributed by atoms with Gasteiger partial charge in [0.25, 0.3) is 0 Å². The van der Waals surface area contributed by atoms with Crippen molar-refractivity contribution in [2.24, 2.45) is 5.92 Å². The summed E-state index contributed by atoms with van der Waals surface area (Å²) < 4.78 is 13.2. The van der Waals surface area contributed by atoms with Gasteiger partial charge in [-0.1, -0.05) is 19.1 Å². The highest BCUT2D eigenvalue weighted by atomic mass is 35.5. The summed E-state index contributed by atoms with van der Waals surface area (Å²) in [6, 6.07) is 7.07. The maximum absolute atomic E-state index is 13.2. The molecule has 5 heteroatoms. The first kappa shape index (κ1) is 19.9. The van der Waals surface area contributed by atoms with Crippen LogP contribution in [0.25, 0.3) is 0 Å². The Hall–Kier alpha value is -1.13. The predicted octanol–water partition coefficient (Wildman–Crippen LogP) is 3.42. The van der Waals surface area contributed by atoms with Crippen LogP contribution in [-0.4, -0.2) is 36.5 Å². The third-order valence-corrected chi connectivity index (χ3v) is 4.34. The van der Waals surface area contributed by atoms with Crippen molar-refractivity contribution in [3.05, 3.63) is 35.6 Å². The molecule has 1 amide bonds. The van der Waals surface area contributed by atoms with Gasteiger partial charge in [-0.15, -0.1) is 12.4 Å². The minimum absolute atomic E-state index is 0. The molecule has 1 aromatic carbocycles. The van der Waals surface area contributed by atoms with E-state index in [0.29, 0.717) is 19.0 Å². The van der Waals surface area contributed by atoms with Crippen molar-refractivity contribution in [2.45, 2.75) is 45.6 Å². The highest BCUT2D eigenvalue weighted by molar-refractivity contribution is 5.85. The van der Waals surface area contributed by atoms with Gasteiger partial charge in [0.2, 0.25) is 5.91 Å². The Morgan fingerprint density at radius 1 is 1.39 bits per heavy atom. The lowest BCUT2D eigenvalue weighted by atomic mass is 9.92. The average molecular weight is 343 g/mol. The lowest BCUT2D eigenvalue weighted by Gasteiger charge is -2.32. The van der Waals surface area contributed by atoms with Crippen molar-refractivity contribution in [3.63, 3.8) is 0 Å². The van der Waals surface area contributed by atoms with Crippen LogP contribution in [0.4, 0.5) is 4.39 Å². The second-order valence-corrected chi connectivity index (χ2v) is 6.28. The second-order valence-electron chi connectivity index (χ2n) is 6.28. The van der Waals surface area contributed by atoms with Crippen molar-refractivity contribution in [3.8, 4) is 0 Å². The Labute approximate surface area is 145 Å². The number of carbonyl (C=O) groups excluding carboxylic acids is 1. The van der Waals surface area contributed by atoms with Crippen molar-refractivity contribution < 1.29 is 9.18 Å². The molecule has 2 rings (SSSR count). The van der Waals surface area contributed by atoms with Gasteiger partial charge in [-0.2, -0.15) is 0 Å². The number of nitrogens with zero attached hydrogens (tertiary/aromatic N) is 1. The van der Waals surface area contributed by atoms with Gasteiger partial charge in [0.1, 0.15) is 5.82 Å². The molecule has 0 bridgehead atoms. The first-order valence-electron chi connectivity index (χ1n) is 8.36. The molecule has 23 heavy (non-hydrogen) atoms. The summed E-state index contributed by atoms with van der Waals surface area (Å²) in [4.78, 5) is 14.7. The van der Waals surface area contributed by atoms with E-state index in [1.807, 2.05) is 11.0 Å². The molecule has 0 aromatic heterocycles. The fourth-order valence-electron chi connectivity index (χ4n) is 3.17. The smallest absolute Gasteiger partial charge is 0.225 e. The normalized spacial score (nSPS) is 20.7. The molecule has 0 radical (unpaired) electrons. The Kier molecular flexibility index (Phi) is 8.56. The Balaban J connectivity index is 0.00000264. The molecule has 2 atom stereocenters. The lowest BCUT2D eigenvalue weighted by molar-refractivity contribution is -0.136. The fraction of sp³-hybridized carbons (Fsp3) is 0.611. The summed E-state index contributed by atoms with van der Waals surface area (Å²) in [5.74, 6) is 0.194. The van der Waals surface area contributed by atoms with E-state index in [4.69, 9.17) is 0 Å². The molecular weight excluding hydrogens is 315 g/mol. The quantitative estimate of drug-likeness (QED) is 0.859. The summed E-state index contributed by atoms with van der Waals surface area (Å²) in [6.45, 7) is 6.60. The zero-order chi connectivity index (χ0) is 15.9. The minimum Gasteiger partial charge on any atom is -0.342 e. The van der Waals surface area contributed by atoms with E-state index in [0.717, 1.165) is 37.9 Å². The highest BCUT2D eigenvalue weighted by Gasteiger charge is 2.28. The summed E-state index contributed by atoms with van der Waals surface area (Å²) in [5, 5.41) is 3.39. The number of rotatable bonds is 6. The summed E-state index contributed by atoms with van der Waals surface area (Å²) in [7, 11) is 0. The van der Waals surface area contributed by atoms with E-state index in [-0.39, 0.29) is 30.0 Å². The van der Waals surface area contributed by atoms with Gasteiger partial charge in [-0.05, 0) is 56.8 Å². The molecule has 0 saturated carbocycles. The van der Waals surface area contributed by atoms with Crippen LogP contribution in [0.5, 0.6) is 0 Å². The number of benzene rings is 1. The van der Waals surface area contributed by atoms with E-state index in [1.165, 1.54) is 6.07 Å². The van der Waals surface area contributed by atoms with Crippen LogP contribution in [0.15, 0.2) is 24.3 Å². The first-order chi connectivity index (χ1) is 10.6. The maximum Gasteiger partial charge on any atom is 0.225 e.